The maximum absolute atomic E-state index is 12.1. The number of halogens is 3. The number of imidazole rings is 1. The first kappa shape index (κ1) is 10.6. The summed E-state index contributed by atoms with van der Waals surface area (Å²) in [5.74, 6) is 0. The highest BCUT2D eigenvalue weighted by atomic mass is 32.2. The van der Waals surface area contributed by atoms with Crippen molar-refractivity contribution < 1.29 is 13.2 Å². The summed E-state index contributed by atoms with van der Waals surface area (Å²) in [6.07, 6.45) is 0. The van der Waals surface area contributed by atoms with Crippen LogP contribution >= 0.6 is 24.0 Å². The van der Waals surface area contributed by atoms with Crippen molar-refractivity contribution in [1.29, 1.82) is 0 Å². The summed E-state index contributed by atoms with van der Waals surface area (Å²) in [7, 11) is 0. The Morgan fingerprint density at radius 3 is 2.47 bits per heavy atom. The number of fused-ring (bicyclic) bond motifs is 1. The molecule has 0 bridgehead atoms. The van der Waals surface area contributed by atoms with E-state index in [1.807, 2.05) is 0 Å². The van der Waals surface area contributed by atoms with E-state index in [-0.39, 0.29) is 16.7 Å². The van der Waals surface area contributed by atoms with Gasteiger partial charge in [0.2, 0.25) is 0 Å². The minimum absolute atomic E-state index is 0.139. The summed E-state index contributed by atoms with van der Waals surface area (Å²) >= 11 is 4.68. The van der Waals surface area contributed by atoms with Crippen LogP contribution in [0.25, 0.3) is 11.0 Å². The van der Waals surface area contributed by atoms with E-state index in [1.54, 1.807) is 6.07 Å². The largest absolute Gasteiger partial charge is 0.446 e. The Balaban J connectivity index is 2.42. The molecule has 0 unspecified atom stereocenters. The molecule has 0 radical (unpaired) electrons. The average Bonchev–Trinajstić information content (AvgIpc) is 2.40. The molecule has 1 aromatic carbocycles. The molecule has 15 heavy (non-hydrogen) atoms. The van der Waals surface area contributed by atoms with Gasteiger partial charge in [-0.3, -0.25) is 0 Å². The number of hydrogen-bond donors (Lipinski definition) is 2. The van der Waals surface area contributed by atoms with E-state index in [9.17, 15) is 13.2 Å². The van der Waals surface area contributed by atoms with Gasteiger partial charge < -0.3 is 9.97 Å². The van der Waals surface area contributed by atoms with Crippen molar-refractivity contribution in [2.75, 3.05) is 0 Å². The second-order valence-electron chi connectivity index (χ2n) is 2.83. The maximum atomic E-state index is 12.1. The summed E-state index contributed by atoms with van der Waals surface area (Å²) in [5, 5.41) is 0. The fourth-order valence-corrected chi connectivity index (χ4v) is 2.01. The smallest absolute Gasteiger partial charge is 0.331 e. The zero-order valence-electron chi connectivity index (χ0n) is 7.18. The molecule has 0 fully saturated rings. The van der Waals surface area contributed by atoms with Crippen LogP contribution in [0, 0.1) is 4.77 Å². The monoisotopic (exact) mass is 250 g/mol. The first-order chi connectivity index (χ1) is 6.94. The number of H-pyrrole nitrogens is 2. The second-order valence-corrected chi connectivity index (χ2v) is 4.38. The van der Waals surface area contributed by atoms with E-state index in [2.05, 4.69) is 9.97 Å². The second kappa shape index (κ2) is 3.57. The van der Waals surface area contributed by atoms with Crippen LogP contribution in [0.15, 0.2) is 23.1 Å². The zero-order valence-corrected chi connectivity index (χ0v) is 8.82. The molecule has 0 amide bonds. The molecule has 0 atom stereocenters. The Morgan fingerprint density at radius 2 is 1.80 bits per heavy atom. The Morgan fingerprint density at radius 1 is 1.13 bits per heavy atom. The maximum Gasteiger partial charge on any atom is 0.446 e. The molecule has 0 spiro atoms. The lowest BCUT2D eigenvalue weighted by Gasteiger charge is -2.04. The zero-order chi connectivity index (χ0) is 11.1. The SMILES string of the molecule is FC(F)(F)Sc1ccc2[nH]c(=S)[nH]c2c1. The highest BCUT2D eigenvalue weighted by Gasteiger charge is 2.29. The van der Waals surface area contributed by atoms with E-state index < -0.39 is 5.51 Å². The van der Waals surface area contributed by atoms with Gasteiger partial charge in [0.05, 0.1) is 11.0 Å². The molecule has 1 aromatic heterocycles. The number of nitrogens with one attached hydrogen (secondary N) is 2. The van der Waals surface area contributed by atoms with Crippen LogP contribution in [0.4, 0.5) is 13.2 Å². The molecule has 2 rings (SSSR count). The number of alkyl halides is 3. The van der Waals surface area contributed by atoms with Crippen molar-refractivity contribution in [1.82, 2.24) is 9.97 Å². The van der Waals surface area contributed by atoms with Gasteiger partial charge in [-0.2, -0.15) is 13.2 Å². The Labute approximate surface area is 91.9 Å². The summed E-state index contributed by atoms with van der Waals surface area (Å²) in [5.41, 5.74) is -2.98. The van der Waals surface area contributed by atoms with Gasteiger partial charge in [-0.1, -0.05) is 0 Å². The van der Waals surface area contributed by atoms with Crippen molar-refractivity contribution >= 4 is 35.0 Å². The lowest BCUT2D eigenvalue weighted by Crippen LogP contribution is -1.98. The molecule has 0 saturated carbocycles. The number of aromatic amines is 2. The summed E-state index contributed by atoms with van der Waals surface area (Å²) < 4.78 is 36.6. The molecule has 80 valence electrons. The molecule has 0 aliphatic rings. The molecular formula is C8H5F3N2S2. The van der Waals surface area contributed by atoms with Gasteiger partial charge in [-0.05, 0) is 42.2 Å². The van der Waals surface area contributed by atoms with Crippen molar-refractivity contribution in [3.8, 4) is 0 Å². The minimum atomic E-state index is -4.26. The fraction of sp³-hybridized carbons (Fsp3) is 0.125. The predicted octanol–water partition coefficient (Wildman–Crippen LogP) is 3.84. The number of aromatic nitrogens is 2. The first-order valence-corrected chi connectivity index (χ1v) is 5.14. The van der Waals surface area contributed by atoms with Gasteiger partial charge in [-0.25, -0.2) is 0 Å². The van der Waals surface area contributed by atoms with E-state index in [4.69, 9.17) is 12.2 Å². The standard InChI is InChI=1S/C8H5F3N2S2/c9-8(10,11)15-4-1-2-5-6(3-4)13-7(14)12-5/h1-3H,(H2,12,13,14). The number of thioether (sulfide) groups is 1. The Hall–Kier alpha value is -0.950. The van der Waals surface area contributed by atoms with Crippen molar-refractivity contribution in [3.63, 3.8) is 0 Å². The van der Waals surface area contributed by atoms with E-state index in [0.29, 0.717) is 15.8 Å². The summed E-state index contributed by atoms with van der Waals surface area (Å²) in [4.78, 5) is 5.72. The van der Waals surface area contributed by atoms with Crippen LogP contribution in [-0.4, -0.2) is 15.5 Å². The fourth-order valence-electron chi connectivity index (χ4n) is 1.21. The molecule has 1 heterocycles. The Bertz CT molecular complexity index is 541. The van der Waals surface area contributed by atoms with Crippen LogP contribution in [0.5, 0.6) is 0 Å². The molecule has 0 saturated heterocycles. The van der Waals surface area contributed by atoms with Crippen LogP contribution in [0.2, 0.25) is 0 Å². The van der Waals surface area contributed by atoms with Crippen LogP contribution in [0.3, 0.4) is 0 Å². The van der Waals surface area contributed by atoms with Crippen LogP contribution in [-0.2, 0) is 0 Å². The molecule has 0 aliphatic carbocycles. The molecule has 2 nitrogen and oxygen atoms in total. The van der Waals surface area contributed by atoms with Gasteiger partial charge in [-0.15, -0.1) is 0 Å². The molecule has 7 heteroatoms. The van der Waals surface area contributed by atoms with E-state index >= 15 is 0 Å². The average molecular weight is 250 g/mol. The Kier molecular flexibility index (Phi) is 2.51. The van der Waals surface area contributed by atoms with E-state index in [0.717, 1.165) is 0 Å². The summed E-state index contributed by atoms with van der Waals surface area (Å²) in [6, 6.07) is 4.38. The van der Waals surface area contributed by atoms with Crippen molar-refractivity contribution in [2.24, 2.45) is 0 Å². The van der Waals surface area contributed by atoms with Gasteiger partial charge in [0.15, 0.2) is 4.77 Å². The third kappa shape index (κ3) is 2.54. The number of benzene rings is 1. The minimum Gasteiger partial charge on any atom is -0.331 e. The van der Waals surface area contributed by atoms with Crippen molar-refractivity contribution in [2.45, 2.75) is 10.4 Å². The van der Waals surface area contributed by atoms with Gasteiger partial charge in [0.25, 0.3) is 0 Å². The summed E-state index contributed by atoms with van der Waals surface area (Å²) in [6.45, 7) is 0. The third-order valence-corrected chi connectivity index (χ3v) is 2.65. The van der Waals surface area contributed by atoms with Gasteiger partial charge >= 0.3 is 5.51 Å². The van der Waals surface area contributed by atoms with Gasteiger partial charge in [0, 0.05) is 4.90 Å². The quantitative estimate of drug-likeness (QED) is 0.595. The highest BCUT2D eigenvalue weighted by molar-refractivity contribution is 8.00. The molecule has 2 N–H and O–H groups in total. The normalized spacial score (nSPS) is 12.2. The third-order valence-electron chi connectivity index (χ3n) is 1.72. The van der Waals surface area contributed by atoms with Crippen LogP contribution in [0.1, 0.15) is 0 Å². The molecular weight excluding hydrogens is 245 g/mol. The molecule has 2 aromatic rings. The van der Waals surface area contributed by atoms with E-state index in [1.165, 1.54) is 12.1 Å². The lowest BCUT2D eigenvalue weighted by molar-refractivity contribution is -0.0328. The van der Waals surface area contributed by atoms with Crippen molar-refractivity contribution in [3.05, 3.63) is 23.0 Å². The predicted molar refractivity (Wildman–Crippen MR) is 55.4 cm³/mol. The topological polar surface area (TPSA) is 31.6 Å². The number of rotatable bonds is 1. The lowest BCUT2D eigenvalue weighted by atomic mass is 10.3. The molecule has 0 aliphatic heterocycles. The highest BCUT2D eigenvalue weighted by Crippen LogP contribution is 2.37. The number of hydrogen-bond acceptors (Lipinski definition) is 2. The van der Waals surface area contributed by atoms with Gasteiger partial charge in [0.1, 0.15) is 0 Å². The van der Waals surface area contributed by atoms with Crippen LogP contribution < -0.4 is 0 Å². The first-order valence-electron chi connectivity index (χ1n) is 3.92.